The highest BCUT2D eigenvalue weighted by Gasteiger charge is 2.34. The van der Waals surface area contributed by atoms with Crippen LogP contribution in [0.25, 0.3) is 11.0 Å². The Bertz CT molecular complexity index is 589. The van der Waals surface area contributed by atoms with Gasteiger partial charge in [0.25, 0.3) is 0 Å². The van der Waals surface area contributed by atoms with Crippen molar-refractivity contribution in [2.45, 2.75) is 24.5 Å². The van der Waals surface area contributed by atoms with Crippen LogP contribution in [0.15, 0.2) is 12.1 Å². The summed E-state index contributed by atoms with van der Waals surface area (Å²) in [6.45, 7) is 3.51. The molecule has 2 aliphatic heterocycles. The number of imidazole rings is 1. The Morgan fingerprint density at radius 1 is 1.26 bits per heavy atom. The molecule has 5 heteroatoms. The predicted molar refractivity (Wildman–Crippen MR) is 76.1 cm³/mol. The van der Waals surface area contributed by atoms with Gasteiger partial charge in [-0.3, -0.25) is 0 Å². The van der Waals surface area contributed by atoms with E-state index < -0.39 is 0 Å². The van der Waals surface area contributed by atoms with E-state index in [-0.39, 0.29) is 4.75 Å². The molecular formula is C14H16N2O2S. The van der Waals surface area contributed by atoms with Crippen LogP contribution in [0.4, 0.5) is 0 Å². The van der Waals surface area contributed by atoms with Crippen LogP contribution < -0.4 is 9.47 Å². The van der Waals surface area contributed by atoms with Gasteiger partial charge in [-0.1, -0.05) is 0 Å². The first-order valence-corrected chi connectivity index (χ1v) is 7.67. The SMILES string of the molecule is CC1(c2nc3cc4c(cc3[nH]2)OCCO4)CCCS1. The Morgan fingerprint density at radius 3 is 2.79 bits per heavy atom. The highest BCUT2D eigenvalue weighted by Crippen LogP contribution is 2.46. The van der Waals surface area contributed by atoms with Gasteiger partial charge < -0.3 is 14.5 Å². The number of benzene rings is 1. The van der Waals surface area contributed by atoms with Gasteiger partial charge >= 0.3 is 0 Å². The van der Waals surface area contributed by atoms with Crippen LogP contribution in [-0.2, 0) is 4.75 Å². The van der Waals surface area contributed by atoms with Crippen molar-refractivity contribution < 1.29 is 9.47 Å². The monoisotopic (exact) mass is 276 g/mol. The second kappa shape index (κ2) is 4.07. The molecule has 0 radical (unpaired) electrons. The molecule has 1 fully saturated rings. The van der Waals surface area contributed by atoms with Crippen molar-refractivity contribution in [1.29, 1.82) is 0 Å². The molecule has 4 rings (SSSR count). The Morgan fingerprint density at radius 2 is 2.05 bits per heavy atom. The molecule has 0 amide bonds. The van der Waals surface area contributed by atoms with Crippen LogP contribution in [0.5, 0.6) is 11.5 Å². The summed E-state index contributed by atoms with van der Waals surface area (Å²) in [7, 11) is 0. The maximum atomic E-state index is 5.61. The van der Waals surface area contributed by atoms with E-state index in [1.807, 2.05) is 23.9 Å². The molecule has 100 valence electrons. The molecule has 19 heavy (non-hydrogen) atoms. The number of nitrogens with one attached hydrogen (secondary N) is 1. The molecular weight excluding hydrogens is 260 g/mol. The van der Waals surface area contributed by atoms with Crippen LogP contribution >= 0.6 is 11.8 Å². The molecule has 0 spiro atoms. The summed E-state index contributed by atoms with van der Waals surface area (Å²) in [5, 5.41) is 0. The second-order valence-corrected chi connectivity index (χ2v) is 6.88. The van der Waals surface area contributed by atoms with Gasteiger partial charge in [-0.05, 0) is 25.5 Å². The first-order valence-electron chi connectivity index (χ1n) is 6.68. The number of nitrogens with zero attached hydrogens (tertiary/aromatic N) is 1. The zero-order chi connectivity index (χ0) is 12.9. The van der Waals surface area contributed by atoms with Gasteiger partial charge in [0.05, 0.1) is 15.8 Å². The molecule has 1 N–H and O–H groups in total. The topological polar surface area (TPSA) is 47.1 Å². The number of thioether (sulfide) groups is 1. The fraction of sp³-hybridized carbons (Fsp3) is 0.500. The van der Waals surface area contributed by atoms with Gasteiger partial charge in [-0.15, -0.1) is 11.8 Å². The van der Waals surface area contributed by atoms with Gasteiger partial charge in [0, 0.05) is 12.1 Å². The number of aromatic amines is 1. The minimum Gasteiger partial charge on any atom is -0.486 e. The maximum absolute atomic E-state index is 5.61. The number of ether oxygens (including phenoxy) is 2. The van der Waals surface area contributed by atoms with Crippen molar-refractivity contribution in [2.75, 3.05) is 19.0 Å². The fourth-order valence-electron chi connectivity index (χ4n) is 2.76. The van der Waals surface area contributed by atoms with Crippen molar-refractivity contribution in [1.82, 2.24) is 9.97 Å². The average molecular weight is 276 g/mol. The number of aromatic nitrogens is 2. The third-order valence-electron chi connectivity index (χ3n) is 3.87. The Kier molecular flexibility index (Phi) is 2.45. The minimum atomic E-state index is 0.126. The molecule has 2 aliphatic rings. The molecule has 2 aromatic rings. The van der Waals surface area contributed by atoms with Crippen molar-refractivity contribution in [3.05, 3.63) is 18.0 Å². The van der Waals surface area contributed by atoms with E-state index in [9.17, 15) is 0 Å². The van der Waals surface area contributed by atoms with E-state index in [1.54, 1.807) is 0 Å². The zero-order valence-electron chi connectivity index (χ0n) is 10.9. The smallest absolute Gasteiger partial charge is 0.163 e. The van der Waals surface area contributed by atoms with E-state index in [4.69, 9.17) is 14.5 Å². The van der Waals surface area contributed by atoms with Crippen LogP contribution in [-0.4, -0.2) is 28.9 Å². The van der Waals surface area contributed by atoms with Crippen molar-refractivity contribution in [3.8, 4) is 11.5 Å². The number of H-pyrrole nitrogens is 1. The largest absolute Gasteiger partial charge is 0.486 e. The number of hydrogen-bond acceptors (Lipinski definition) is 4. The highest BCUT2D eigenvalue weighted by atomic mass is 32.2. The standard InChI is InChI=1S/C14H16N2O2S/c1-14(3-2-6-19-14)13-15-9-7-11-12(8-10(9)16-13)18-5-4-17-11/h7-8H,2-6H2,1H3,(H,15,16). The quantitative estimate of drug-likeness (QED) is 0.869. The fourth-order valence-corrected chi connectivity index (χ4v) is 4.02. The Hall–Kier alpha value is -1.36. The third-order valence-corrected chi connectivity index (χ3v) is 5.39. The van der Waals surface area contributed by atoms with E-state index >= 15 is 0 Å². The van der Waals surface area contributed by atoms with E-state index in [0.29, 0.717) is 13.2 Å². The lowest BCUT2D eigenvalue weighted by molar-refractivity contribution is 0.172. The van der Waals surface area contributed by atoms with Crippen LogP contribution in [0.2, 0.25) is 0 Å². The molecule has 1 saturated heterocycles. The van der Waals surface area contributed by atoms with E-state index in [1.165, 1.54) is 18.6 Å². The van der Waals surface area contributed by atoms with Crippen molar-refractivity contribution >= 4 is 22.8 Å². The van der Waals surface area contributed by atoms with Gasteiger partial charge in [-0.25, -0.2) is 4.98 Å². The average Bonchev–Trinajstić information content (AvgIpc) is 3.03. The van der Waals surface area contributed by atoms with Crippen LogP contribution in [0, 0.1) is 0 Å². The second-order valence-electron chi connectivity index (χ2n) is 5.28. The van der Waals surface area contributed by atoms with Crippen molar-refractivity contribution in [2.24, 2.45) is 0 Å². The lowest BCUT2D eigenvalue weighted by atomic mass is 10.1. The van der Waals surface area contributed by atoms with E-state index in [0.717, 1.165) is 28.4 Å². The molecule has 0 aliphatic carbocycles. The van der Waals surface area contributed by atoms with Gasteiger partial charge in [-0.2, -0.15) is 0 Å². The third kappa shape index (κ3) is 1.79. The summed E-state index contributed by atoms with van der Waals surface area (Å²) < 4.78 is 11.3. The first-order chi connectivity index (χ1) is 9.24. The zero-order valence-corrected chi connectivity index (χ0v) is 11.7. The van der Waals surface area contributed by atoms with Gasteiger partial charge in [0.2, 0.25) is 0 Å². The highest BCUT2D eigenvalue weighted by molar-refractivity contribution is 8.00. The molecule has 1 atom stereocenters. The number of rotatable bonds is 1. The summed E-state index contributed by atoms with van der Waals surface area (Å²) >= 11 is 1.99. The summed E-state index contributed by atoms with van der Waals surface area (Å²) in [6.07, 6.45) is 2.45. The predicted octanol–water partition coefficient (Wildman–Crippen LogP) is 3.08. The van der Waals surface area contributed by atoms with Crippen LogP contribution in [0.1, 0.15) is 25.6 Å². The molecule has 0 saturated carbocycles. The lowest BCUT2D eigenvalue weighted by Gasteiger charge is -2.18. The lowest BCUT2D eigenvalue weighted by Crippen LogP contribution is -2.15. The van der Waals surface area contributed by atoms with Crippen molar-refractivity contribution in [3.63, 3.8) is 0 Å². The normalized spacial score (nSPS) is 25.9. The molecule has 1 aromatic carbocycles. The summed E-state index contributed by atoms with van der Waals surface area (Å²) in [5.41, 5.74) is 2.00. The van der Waals surface area contributed by atoms with E-state index in [2.05, 4.69) is 11.9 Å². The Balaban J connectivity index is 1.82. The summed E-state index contributed by atoms with van der Waals surface area (Å²) in [6, 6.07) is 3.98. The van der Waals surface area contributed by atoms with Gasteiger partial charge in [0.1, 0.15) is 19.0 Å². The molecule has 0 bridgehead atoms. The van der Waals surface area contributed by atoms with Gasteiger partial charge in [0.15, 0.2) is 11.5 Å². The minimum absolute atomic E-state index is 0.126. The first kappa shape index (κ1) is 11.5. The Labute approximate surface area is 115 Å². The van der Waals surface area contributed by atoms with Crippen LogP contribution in [0.3, 0.4) is 0 Å². The maximum Gasteiger partial charge on any atom is 0.163 e. The number of fused-ring (bicyclic) bond motifs is 2. The number of hydrogen-bond donors (Lipinski definition) is 1. The molecule has 3 heterocycles. The molecule has 4 nitrogen and oxygen atoms in total. The molecule has 1 aromatic heterocycles. The summed E-state index contributed by atoms with van der Waals surface area (Å²) in [4.78, 5) is 8.22. The molecule has 1 unspecified atom stereocenters. The summed E-state index contributed by atoms with van der Waals surface area (Å²) in [5.74, 6) is 3.92.